The van der Waals surface area contributed by atoms with Crippen LogP contribution < -0.4 is 15.4 Å². The van der Waals surface area contributed by atoms with Crippen LogP contribution in [0.2, 0.25) is 0 Å². The Morgan fingerprint density at radius 1 is 1.15 bits per heavy atom. The smallest absolute Gasteiger partial charge is 0.261 e. The Bertz CT molecular complexity index is 882. The van der Waals surface area contributed by atoms with E-state index in [-0.39, 0.29) is 29.1 Å². The summed E-state index contributed by atoms with van der Waals surface area (Å²) in [5.74, 6) is -0.104. The van der Waals surface area contributed by atoms with Crippen molar-refractivity contribution in [3.63, 3.8) is 0 Å². The second-order valence-electron chi connectivity index (χ2n) is 6.48. The Balaban J connectivity index is 0.00000261. The van der Waals surface area contributed by atoms with Crippen LogP contribution in [-0.2, 0) is 14.8 Å². The quantitative estimate of drug-likeness (QED) is 0.707. The molecular formula is C19H24ClN3O3S. The zero-order valence-electron chi connectivity index (χ0n) is 15.1. The summed E-state index contributed by atoms with van der Waals surface area (Å²) in [6.45, 7) is 3.43. The van der Waals surface area contributed by atoms with Gasteiger partial charge in [0.25, 0.3) is 10.0 Å². The number of carbonyl (C=O) groups is 1. The first-order valence-electron chi connectivity index (χ1n) is 8.66. The summed E-state index contributed by atoms with van der Waals surface area (Å²) in [6, 6.07) is 13.4. The Kier molecular flexibility index (Phi) is 7.24. The third kappa shape index (κ3) is 5.45. The van der Waals surface area contributed by atoms with Crippen LogP contribution in [0.25, 0.3) is 0 Å². The molecule has 0 bridgehead atoms. The van der Waals surface area contributed by atoms with Crippen LogP contribution in [0.15, 0.2) is 53.4 Å². The van der Waals surface area contributed by atoms with Gasteiger partial charge in [0.1, 0.15) is 0 Å². The highest BCUT2D eigenvalue weighted by Crippen LogP contribution is 2.24. The second-order valence-corrected chi connectivity index (χ2v) is 8.16. The fourth-order valence-corrected chi connectivity index (χ4v) is 4.08. The summed E-state index contributed by atoms with van der Waals surface area (Å²) >= 11 is 0. The van der Waals surface area contributed by atoms with Gasteiger partial charge in [0.2, 0.25) is 5.91 Å². The number of hydrogen-bond acceptors (Lipinski definition) is 4. The number of rotatable bonds is 5. The topological polar surface area (TPSA) is 87.3 Å². The number of sulfonamides is 1. The predicted octanol–water partition coefficient (Wildman–Crippen LogP) is 3.16. The van der Waals surface area contributed by atoms with E-state index in [1.807, 2.05) is 6.92 Å². The van der Waals surface area contributed by atoms with Gasteiger partial charge in [-0.25, -0.2) is 8.42 Å². The van der Waals surface area contributed by atoms with Gasteiger partial charge in [-0.3, -0.25) is 9.52 Å². The molecule has 1 heterocycles. The number of benzene rings is 2. The Hall–Kier alpha value is -2.09. The Labute approximate surface area is 166 Å². The highest BCUT2D eigenvalue weighted by Gasteiger charge is 2.21. The third-order valence-electron chi connectivity index (χ3n) is 4.47. The molecule has 1 amide bonds. The summed E-state index contributed by atoms with van der Waals surface area (Å²) in [6.07, 6.45) is 1.84. The third-order valence-corrected chi connectivity index (χ3v) is 5.85. The number of aryl methyl sites for hydroxylation is 1. The standard InChI is InChI=1S/C19H23N3O3S.ClH/c1-14-9-10-16(21-19(23)15-6-5-11-20-13-15)12-18(14)22-26(24,25)17-7-3-2-4-8-17;/h2-4,7-10,12,15,20,22H,5-6,11,13H2,1H3,(H,21,23);1H. The van der Waals surface area contributed by atoms with Crippen LogP contribution >= 0.6 is 12.4 Å². The first kappa shape index (κ1) is 21.2. The summed E-state index contributed by atoms with van der Waals surface area (Å²) in [5, 5.41) is 6.11. The van der Waals surface area contributed by atoms with Crippen molar-refractivity contribution in [3.05, 3.63) is 54.1 Å². The maximum absolute atomic E-state index is 12.5. The summed E-state index contributed by atoms with van der Waals surface area (Å²) in [4.78, 5) is 12.6. The van der Waals surface area contributed by atoms with Gasteiger partial charge < -0.3 is 10.6 Å². The first-order valence-corrected chi connectivity index (χ1v) is 10.1. The number of amides is 1. The van der Waals surface area contributed by atoms with Crippen LogP contribution in [0.5, 0.6) is 0 Å². The molecule has 0 saturated carbocycles. The van der Waals surface area contributed by atoms with E-state index in [1.165, 1.54) is 0 Å². The molecule has 1 aliphatic heterocycles. The molecule has 1 saturated heterocycles. The van der Waals surface area contributed by atoms with Crippen molar-refractivity contribution in [3.8, 4) is 0 Å². The van der Waals surface area contributed by atoms with Gasteiger partial charge in [-0.2, -0.15) is 0 Å². The van der Waals surface area contributed by atoms with E-state index >= 15 is 0 Å². The second kappa shape index (κ2) is 9.21. The zero-order valence-corrected chi connectivity index (χ0v) is 16.7. The number of piperidine rings is 1. The maximum Gasteiger partial charge on any atom is 0.261 e. The summed E-state index contributed by atoms with van der Waals surface area (Å²) in [5.41, 5.74) is 1.81. The molecular weight excluding hydrogens is 386 g/mol. The molecule has 8 heteroatoms. The molecule has 0 spiro atoms. The SMILES string of the molecule is Cc1ccc(NC(=O)C2CCCNC2)cc1NS(=O)(=O)c1ccccc1.Cl. The first-order chi connectivity index (χ1) is 12.5. The van der Waals surface area contributed by atoms with Gasteiger partial charge in [-0.05, 0) is 56.1 Å². The van der Waals surface area contributed by atoms with E-state index in [2.05, 4.69) is 15.4 Å². The van der Waals surface area contributed by atoms with Crippen LogP contribution in [0, 0.1) is 12.8 Å². The van der Waals surface area contributed by atoms with E-state index < -0.39 is 10.0 Å². The normalized spacial score (nSPS) is 16.9. The van der Waals surface area contributed by atoms with Crippen molar-refractivity contribution < 1.29 is 13.2 Å². The zero-order chi connectivity index (χ0) is 18.6. The largest absolute Gasteiger partial charge is 0.326 e. The molecule has 1 aliphatic rings. The van der Waals surface area contributed by atoms with Crippen LogP contribution in [0.1, 0.15) is 18.4 Å². The fourth-order valence-electron chi connectivity index (χ4n) is 2.93. The van der Waals surface area contributed by atoms with Crippen LogP contribution in [0.3, 0.4) is 0 Å². The molecule has 3 rings (SSSR count). The lowest BCUT2D eigenvalue weighted by molar-refractivity contribution is -0.120. The van der Waals surface area contributed by atoms with Crippen molar-refractivity contribution in [2.75, 3.05) is 23.1 Å². The van der Waals surface area contributed by atoms with Gasteiger partial charge in [-0.1, -0.05) is 24.3 Å². The Morgan fingerprint density at radius 2 is 1.89 bits per heavy atom. The highest BCUT2D eigenvalue weighted by molar-refractivity contribution is 7.92. The molecule has 1 unspecified atom stereocenters. The van der Waals surface area contributed by atoms with E-state index in [0.717, 1.165) is 24.9 Å². The molecule has 146 valence electrons. The molecule has 0 aromatic heterocycles. The van der Waals surface area contributed by atoms with E-state index in [4.69, 9.17) is 0 Å². The van der Waals surface area contributed by atoms with Gasteiger partial charge in [0.05, 0.1) is 16.5 Å². The summed E-state index contributed by atoms with van der Waals surface area (Å²) in [7, 11) is -3.67. The van der Waals surface area contributed by atoms with Crippen molar-refractivity contribution in [1.29, 1.82) is 0 Å². The number of nitrogens with one attached hydrogen (secondary N) is 3. The van der Waals surface area contributed by atoms with Crippen LogP contribution in [-0.4, -0.2) is 27.4 Å². The maximum atomic E-state index is 12.5. The number of anilines is 2. The van der Waals surface area contributed by atoms with E-state index in [9.17, 15) is 13.2 Å². The van der Waals surface area contributed by atoms with Crippen molar-refractivity contribution in [2.24, 2.45) is 5.92 Å². The summed E-state index contributed by atoms with van der Waals surface area (Å²) < 4.78 is 27.7. The van der Waals surface area contributed by atoms with Crippen molar-refractivity contribution >= 4 is 39.7 Å². The minimum Gasteiger partial charge on any atom is -0.326 e. The average Bonchev–Trinajstić information content (AvgIpc) is 2.66. The van der Waals surface area contributed by atoms with E-state index in [0.29, 0.717) is 17.9 Å². The molecule has 0 radical (unpaired) electrons. The number of carbonyl (C=O) groups excluding carboxylic acids is 1. The number of hydrogen-bond donors (Lipinski definition) is 3. The van der Waals surface area contributed by atoms with Gasteiger partial charge in [0, 0.05) is 12.2 Å². The van der Waals surface area contributed by atoms with Gasteiger partial charge in [-0.15, -0.1) is 12.4 Å². The molecule has 0 aliphatic carbocycles. The molecule has 2 aromatic rings. The minimum absolute atomic E-state index is 0. The van der Waals surface area contributed by atoms with Crippen molar-refractivity contribution in [2.45, 2.75) is 24.7 Å². The number of halogens is 1. The minimum atomic E-state index is -3.67. The predicted molar refractivity (Wildman–Crippen MR) is 110 cm³/mol. The Morgan fingerprint density at radius 3 is 2.56 bits per heavy atom. The molecule has 1 atom stereocenters. The van der Waals surface area contributed by atoms with Crippen molar-refractivity contribution in [1.82, 2.24) is 5.32 Å². The lowest BCUT2D eigenvalue weighted by Gasteiger charge is -2.22. The lowest BCUT2D eigenvalue weighted by Crippen LogP contribution is -2.37. The molecule has 3 N–H and O–H groups in total. The average molecular weight is 410 g/mol. The fraction of sp³-hybridized carbons (Fsp3) is 0.316. The molecule has 2 aromatic carbocycles. The highest BCUT2D eigenvalue weighted by atomic mass is 35.5. The monoisotopic (exact) mass is 409 g/mol. The van der Waals surface area contributed by atoms with Gasteiger partial charge >= 0.3 is 0 Å². The lowest BCUT2D eigenvalue weighted by atomic mass is 9.99. The van der Waals surface area contributed by atoms with E-state index in [1.54, 1.807) is 48.5 Å². The molecule has 27 heavy (non-hydrogen) atoms. The molecule has 6 nitrogen and oxygen atoms in total. The van der Waals surface area contributed by atoms with Crippen LogP contribution in [0.4, 0.5) is 11.4 Å². The van der Waals surface area contributed by atoms with Gasteiger partial charge in [0.15, 0.2) is 0 Å². The molecule has 1 fully saturated rings.